The second kappa shape index (κ2) is 16.9. The van der Waals surface area contributed by atoms with Crippen molar-refractivity contribution in [1.29, 1.82) is 0 Å². The van der Waals surface area contributed by atoms with Gasteiger partial charge in [0.25, 0.3) is 0 Å². The zero-order chi connectivity index (χ0) is 27.0. The lowest BCUT2D eigenvalue weighted by Gasteiger charge is -2.25. The molecule has 0 radical (unpaired) electrons. The fourth-order valence-electron chi connectivity index (χ4n) is 4.90. The average Bonchev–Trinajstić information content (AvgIpc) is 2.94. The maximum atomic E-state index is 6.71. The molecule has 0 spiro atoms. The van der Waals surface area contributed by atoms with Gasteiger partial charge in [-0.3, -0.25) is 0 Å². The predicted molar refractivity (Wildman–Crippen MR) is 161 cm³/mol. The molecule has 0 aliphatic rings. The summed E-state index contributed by atoms with van der Waals surface area (Å²) in [5.74, 6) is 2.37. The molecule has 0 bridgehead atoms. The first kappa shape index (κ1) is 29.7. The molecule has 0 unspecified atom stereocenters. The van der Waals surface area contributed by atoms with Gasteiger partial charge < -0.3 is 14.0 Å². The van der Waals surface area contributed by atoms with Crippen molar-refractivity contribution in [1.82, 2.24) is 0 Å². The lowest BCUT2D eigenvalue weighted by molar-refractivity contribution is 0.305. The number of para-hydroxylation sites is 2. The van der Waals surface area contributed by atoms with E-state index in [1.165, 1.54) is 55.2 Å². The summed E-state index contributed by atoms with van der Waals surface area (Å²) >= 11 is 0. The summed E-state index contributed by atoms with van der Waals surface area (Å²) in [5.41, 5.74) is 5.90. The molecule has 204 valence electrons. The minimum atomic E-state index is -0.889. The number of aryl methyl sites for hydroxylation is 1. The molecule has 3 nitrogen and oxygen atoms in total. The first-order valence-corrected chi connectivity index (χ1v) is 15.0. The van der Waals surface area contributed by atoms with E-state index >= 15 is 0 Å². The molecule has 0 amide bonds. The Balaban J connectivity index is 2.08. The molecule has 0 saturated carbocycles. The summed E-state index contributed by atoms with van der Waals surface area (Å²) in [6.07, 6.45) is 13.8. The van der Waals surface area contributed by atoms with Crippen molar-refractivity contribution >= 4 is 7.32 Å². The van der Waals surface area contributed by atoms with Gasteiger partial charge in [0.05, 0.1) is 0 Å². The van der Waals surface area contributed by atoms with Crippen LogP contribution in [0.25, 0.3) is 0 Å². The van der Waals surface area contributed by atoms with Crippen LogP contribution in [0.4, 0.5) is 0 Å². The summed E-state index contributed by atoms with van der Waals surface area (Å²) in [5, 5.41) is 0. The third-order valence-electron chi connectivity index (χ3n) is 7.03. The van der Waals surface area contributed by atoms with Crippen LogP contribution in [0.3, 0.4) is 0 Å². The summed E-state index contributed by atoms with van der Waals surface area (Å²) in [4.78, 5) is 0. The quantitative estimate of drug-likeness (QED) is 0.158. The van der Waals surface area contributed by atoms with E-state index in [0.29, 0.717) is 0 Å². The number of hydrogen-bond acceptors (Lipinski definition) is 3. The van der Waals surface area contributed by atoms with Crippen LogP contribution in [0.15, 0.2) is 66.7 Å². The number of unbranched alkanes of at least 4 members (excludes halogenated alkanes) is 4. The van der Waals surface area contributed by atoms with Gasteiger partial charge in [0, 0.05) is 0 Å². The molecule has 0 aromatic heterocycles. The summed E-state index contributed by atoms with van der Waals surface area (Å²) in [6.45, 7) is 9.11. The van der Waals surface area contributed by atoms with Crippen LogP contribution in [0, 0.1) is 0 Å². The van der Waals surface area contributed by atoms with Gasteiger partial charge in [0.1, 0.15) is 17.2 Å². The zero-order valence-electron chi connectivity index (χ0n) is 24.1. The minimum Gasteiger partial charge on any atom is -0.490 e. The van der Waals surface area contributed by atoms with Crippen molar-refractivity contribution in [2.75, 3.05) is 0 Å². The van der Waals surface area contributed by atoms with Gasteiger partial charge in [-0.05, 0) is 104 Å². The first-order chi connectivity index (χ1) is 18.7. The highest BCUT2D eigenvalue weighted by Crippen LogP contribution is 2.35. The summed E-state index contributed by atoms with van der Waals surface area (Å²) < 4.78 is 19.3. The monoisotopic (exact) mass is 514 g/mol. The summed E-state index contributed by atoms with van der Waals surface area (Å²) in [6, 6.07) is 21.9. The van der Waals surface area contributed by atoms with E-state index in [0.717, 1.165) is 55.8 Å². The van der Waals surface area contributed by atoms with Crippen molar-refractivity contribution in [2.45, 2.75) is 105 Å². The van der Waals surface area contributed by atoms with Gasteiger partial charge in [-0.2, -0.15) is 0 Å². The van der Waals surface area contributed by atoms with E-state index < -0.39 is 7.32 Å². The van der Waals surface area contributed by atoms with Crippen molar-refractivity contribution in [3.05, 3.63) is 89.0 Å². The average molecular weight is 515 g/mol. The van der Waals surface area contributed by atoms with E-state index in [1.54, 1.807) is 5.56 Å². The molecule has 0 N–H and O–H groups in total. The topological polar surface area (TPSA) is 27.7 Å². The summed E-state index contributed by atoms with van der Waals surface area (Å²) in [7, 11) is -0.889. The second-order valence-electron chi connectivity index (χ2n) is 10.2. The van der Waals surface area contributed by atoms with E-state index in [2.05, 4.69) is 33.8 Å². The zero-order valence-corrected chi connectivity index (χ0v) is 24.1. The highest BCUT2D eigenvalue weighted by atomic mass is 16.7. The van der Waals surface area contributed by atoms with Crippen molar-refractivity contribution in [3.63, 3.8) is 0 Å². The van der Waals surface area contributed by atoms with Crippen LogP contribution in [0.5, 0.6) is 17.2 Å². The second-order valence-corrected chi connectivity index (χ2v) is 10.2. The highest BCUT2D eigenvalue weighted by molar-refractivity contribution is 6.39. The Morgan fingerprint density at radius 3 is 1.45 bits per heavy atom. The van der Waals surface area contributed by atoms with Gasteiger partial charge in [-0.15, -0.1) is 0 Å². The molecule has 0 fully saturated rings. The molecule has 3 aromatic carbocycles. The number of hydrogen-bond donors (Lipinski definition) is 0. The molecular formula is C34H47BO3. The highest BCUT2D eigenvalue weighted by Gasteiger charge is 2.32. The lowest BCUT2D eigenvalue weighted by atomic mass is 9.85. The Kier molecular flexibility index (Phi) is 13.2. The van der Waals surface area contributed by atoms with E-state index in [-0.39, 0.29) is 0 Å². The molecule has 0 atom stereocenters. The van der Waals surface area contributed by atoms with Crippen LogP contribution in [0.2, 0.25) is 0 Å². The smallest absolute Gasteiger partial charge is 0.490 e. The molecule has 0 saturated heterocycles. The van der Waals surface area contributed by atoms with Gasteiger partial charge >= 0.3 is 7.32 Å². The standard InChI is InChI=1S/C34H47BO3/c1-5-9-19-28-27-34(33(26-12-8-4)32(25-11-7-3)31(28)24-10-6-2)38-35(36-29-20-15-13-16-21-29)37-30-22-17-14-18-23-30/h13-18,20-23,27H,5-12,19,24-26H2,1-4H3. The molecule has 3 aromatic rings. The molecule has 38 heavy (non-hydrogen) atoms. The lowest BCUT2D eigenvalue weighted by Crippen LogP contribution is -2.37. The fourth-order valence-corrected chi connectivity index (χ4v) is 4.90. The van der Waals surface area contributed by atoms with E-state index in [4.69, 9.17) is 14.0 Å². The van der Waals surface area contributed by atoms with Crippen LogP contribution >= 0.6 is 0 Å². The van der Waals surface area contributed by atoms with Crippen molar-refractivity contribution in [2.24, 2.45) is 0 Å². The predicted octanol–water partition coefficient (Wildman–Crippen LogP) is 9.58. The Hall–Kier alpha value is -2.88. The Bertz CT molecular complexity index is 1010. The first-order valence-electron chi connectivity index (χ1n) is 15.0. The molecule has 0 heterocycles. The molecule has 4 heteroatoms. The van der Waals surface area contributed by atoms with Gasteiger partial charge in [-0.25, -0.2) is 0 Å². The fraction of sp³-hybridized carbons (Fsp3) is 0.471. The minimum absolute atomic E-state index is 0.723. The maximum Gasteiger partial charge on any atom is 0.864 e. The molecule has 0 aliphatic carbocycles. The van der Waals surface area contributed by atoms with Crippen molar-refractivity contribution in [3.8, 4) is 17.2 Å². The van der Waals surface area contributed by atoms with E-state index in [9.17, 15) is 0 Å². The van der Waals surface area contributed by atoms with E-state index in [1.807, 2.05) is 60.7 Å². The van der Waals surface area contributed by atoms with Crippen LogP contribution in [0.1, 0.15) is 101 Å². The molecular weight excluding hydrogens is 467 g/mol. The largest absolute Gasteiger partial charge is 0.864 e. The maximum absolute atomic E-state index is 6.71. The third-order valence-corrected chi connectivity index (χ3v) is 7.03. The molecule has 3 rings (SSSR count). The number of benzene rings is 3. The number of rotatable bonds is 18. The Morgan fingerprint density at radius 1 is 0.500 bits per heavy atom. The van der Waals surface area contributed by atoms with Crippen LogP contribution in [-0.4, -0.2) is 7.32 Å². The third kappa shape index (κ3) is 9.15. The van der Waals surface area contributed by atoms with Crippen LogP contribution < -0.4 is 14.0 Å². The van der Waals surface area contributed by atoms with Gasteiger partial charge in [0.2, 0.25) is 0 Å². The van der Waals surface area contributed by atoms with Crippen molar-refractivity contribution < 1.29 is 14.0 Å². The SMILES string of the molecule is CCCCc1cc(OB(Oc2ccccc2)Oc2ccccc2)c(CCCC)c(CCCC)c1CCCC. The van der Waals surface area contributed by atoms with Gasteiger partial charge in [-0.1, -0.05) is 89.8 Å². The molecule has 0 aliphatic heterocycles. The van der Waals surface area contributed by atoms with Crippen LogP contribution in [-0.2, 0) is 25.7 Å². The normalized spacial score (nSPS) is 10.8. The Morgan fingerprint density at radius 2 is 0.947 bits per heavy atom. The van der Waals surface area contributed by atoms with Gasteiger partial charge in [0.15, 0.2) is 0 Å². The Labute approximate surface area is 232 Å².